The zero-order chi connectivity index (χ0) is 23.5. The first-order valence-corrected chi connectivity index (χ1v) is 11.6. The maximum absolute atomic E-state index is 13.2. The van der Waals surface area contributed by atoms with Crippen molar-refractivity contribution in [2.24, 2.45) is 0 Å². The molecule has 32 heavy (non-hydrogen) atoms. The number of hydrogen-bond donors (Lipinski definition) is 1. The highest BCUT2D eigenvalue weighted by Gasteiger charge is 2.25. The van der Waals surface area contributed by atoms with Gasteiger partial charge in [0.25, 0.3) is 15.9 Å². The van der Waals surface area contributed by atoms with E-state index >= 15 is 0 Å². The van der Waals surface area contributed by atoms with Crippen LogP contribution in [0.3, 0.4) is 0 Å². The van der Waals surface area contributed by atoms with E-state index in [1.54, 1.807) is 6.92 Å². The van der Waals surface area contributed by atoms with Crippen LogP contribution in [0.15, 0.2) is 47.4 Å². The summed E-state index contributed by atoms with van der Waals surface area (Å²) in [5.74, 6) is -2.04. The Morgan fingerprint density at radius 3 is 2.56 bits per heavy atom. The summed E-state index contributed by atoms with van der Waals surface area (Å²) >= 11 is 6.87. The van der Waals surface area contributed by atoms with Gasteiger partial charge < -0.3 is 10.1 Å². The molecule has 1 amide bonds. The minimum Gasteiger partial charge on any atom is -0.461 e. The number of rotatable bonds is 7. The van der Waals surface area contributed by atoms with Crippen LogP contribution in [0.25, 0.3) is 0 Å². The second kappa shape index (κ2) is 9.59. The van der Waals surface area contributed by atoms with E-state index in [0.717, 1.165) is 34.0 Å². The molecule has 0 fully saturated rings. The van der Waals surface area contributed by atoms with Gasteiger partial charge in [-0.05, 0) is 49.4 Å². The number of carbonyl (C=O) groups excluding carboxylic acids is 2. The average Bonchev–Trinajstić information content (AvgIpc) is 3.22. The number of hydrogen-bond acceptors (Lipinski definition) is 8. The van der Waals surface area contributed by atoms with Crippen LogP contribution in [-0.2, 0) is 14.8 Å². The topological polar surface area (TPSA) is 119 Å². The number of aromatic nitrogens is 2. The van der Waals surface area contributed by atoms with Gasteiger partial charge in [-0.15, -0.1) is 5.10 Å². The van der Waals surface area contributed by atoms with Gasteiger partial charge in [0, 0.05) is 18.6 Å². The molecule has 0 spiro atoms. The SMILES string of the molecule is CCOC(=O)c1nnsc1NC(=O)c1cc(S(=O)(=O)N(C)c2ccc(F)cc2)ccc1Cl. The second-order valence-corrected chi connectivity index (χ2v) is 9.35. The van der Waals surface area contributed by atoms with Gasteiger partial charge in [0.05, 0.1) is 27.8 Å². The van der Waals surface area contributed by atoms with Gasteiger partial charge >= 0.3 is 5.97 Å². The third-order valence-corrected chi connectivity index (χ3v) is 6.97. The van der Waals surface area contributed by atoms with Crippen molar-refractivity contribution in [2.45, 2.75) is 11.8 Å². The number of halogens is 2. The zero-order valence-electron chi connectivity index (χ0n) is 16.7. The zero-order valence-corrected chi connectivity index (χ0v) is 19.1. The summed E-state index contributed by atoms with van der Waals surface area (Å²) in [5, 5.41) is 6.11. The molecule has 0 radical (unpaired) electrons. The van der Waals surface area contributed by atoms with Crippen LogP contribution in [0, 0.1) is 5.82 Å². The van der Waals surface area contributed by atoms with Gasteiger partial charge in [0.15, 0.2) is 5.00 Å². The summed E-state index contributed by atoms with van der Waals surface area (Å²) < 4.78 is 48.6. The van der Waals surface area contributed by atoms with Crippen molar-refractivity contribution in [1.29, 1.82) is 0 Å². The van der Waals surface area contributed by atoms with Crippen LogP contribution >= 0.6 is 23.1 Å². The predicted molar refractivity (Wildman–Crippen MR) is 117 cm³/mol. The molecule has 1 aromatic heterocycles. The van der Waals surface area contributed by atoms with Gasteiger partial charge in [0.2, 0.25) is 5.69 Å². The van der Waals surface area contributed by atoms with Crippen molar-refractivity contribution >= 4 is 55.7 Å². The van der Waals surface area contributed by atoms with Crippen LogP contribution < -0.4 is 9.62 Å². The molecule has 168 valence electrons. The third kappa shape index (κ3) is 4.87. The minimum absolute atomic E-state index is 0.0129. The van der Waals surface area contributed by atoms with Gasteiger partial charge in [-0.25, -0.2) is 17.6 Å². The first-order chi connectivity index (χ1) is 15.1. The highest BCUT2D eigenvalue weighted by atomic mass is 35.5. The maximum Gasteiger partial charge on any atom is 0.362 e. The molecule has 0 bridgehead atoms. The number of esters is 1. The van der Waals surface area contributed by atoms with Crippen molar-refractivity contribution in [3.63, 3.8) is 0 Å². The number of nitrogens with one attached hydrogen (secondary N) is 1. The fraction of sp³-hybridized carbons (Fsp3) is 0.158. The van der Waals surface area contributed by atoms with Gasteiger partial charge in [0.1, 0.15) is 5.82 Å². The molecule has 13 heteroatoms. The first kappa shape index (κ1) is 23.6. The van der Waals surface area contributed by atoms with Crippen LogP contribution in [0.4, 0.5) is 15.1 Å². The fourth-order valence-corrected chi connectivity index (χ4v) is 4.54. The Hall–Kier alpha value is -3.09. The summed E-state index contributed by atoms with van der Waals surface area (Å²) in [6, 6.07) is 8.49. The molecule has 1 N–H and O–H groups in total. The number of carbonyl (C=O) groups is 2. The molecule has 0 saturated heterocycles. The minimum atomic E-state index is -4.09. The number of amides is 1. The quantitative estimate of drug-likeness (QED) is 0.494. The van der Waals surface area contributed by atoms with Gasteiger partial charge in [-0.2, -0.15) is 0 Å². The normalized spacial score (nSPS) is 11.1. The lowest BCUT2D eigenvalue weighted by Gasteiger charge is -2.20. The molecule has 0 atom stereocenters. The highest BCUT2D eigenvalue weighted by Crippen LogP contribution is 2.27. The standard InChI is InChI=1S/C19H16ClFN4O5S2/c1-3-30-19(27)16-18(31-24-23-16)22-17(26)14-10-13(8-9-15(14)20)32(28,29)25(2)12-6-4-11(21)5-7-12/h4-10H,3H2,1-2H3,(H,22,26). The summed E-state index contributed by atoms with van der Waals surface area (Å²) in [6.45, 7) is 1.72. The van der Waals surface area contributed by atoms with Crippen LogP contribution in [0.2, 0.25) is 5.02 Å². The van der Waals surface area contributed by atoms with Crippen LogP contribution in [-0.4, -0.2) is 43.5 Å². The molecule has 3 aromatic rings. The number of anilines is 2. The molecule has 3 rings (SSSR count). The van der Waals surface area contributed by atoms with E-state index in [9.17, 15) is 22.4 Å². The molecule has 0 unspecified atom stereocenters. The number of sulfonamides is 1. The van der Waals surface area contributed by atoms with E-state index < -0.39 is 27.7 Å². The van der Waals surface area contributed by atoms with Gasteiger partial charge in [-0.3, -0.25) is 9.10 Å². The summed E-state index contributed by atoms with van der Waals surface area (Å²) in [6.07, 6.45) is 0. The predicted octanol–water partition coefficient (Wildman–Crippen LogP) is 3.58. The molecule has 2 aromatic carbocycles. The van der Waals surface area contributed by atoms with Crippen molar-refractivity contribution < 1.29 is 27.1 Å². The van der Waals surface area contributed by atoms with Crippen molar-refractivity contribution in [1.82, 2.24) is 9.59 Å². The molecule has 0 aliphatic heterocycles. The van der Waals surface area contributed by atoms with Crippen LogP contribution in [0.5, 0.6) is 0 Å². The monoisotopic (exact) mass is 498 g/mol. The largest absolute Gasteiger partial charge is 0.461 e. The van der Waals surface area contributed by atoms with E-state index in [-0.39, 0.29) is 38.5 Å². The smallest absolute Gasteiger partial charge is 0.362 e. The lowest BCUT2D eigenvalue weighted by atomic mass is 10.2. The van der Waals surface area contributed by atoms with E-state index in [4.69, 9.17) is 16.3 Å². The fourth-order valence-electron chi connectivity index (χ4n) is 2.56. The summed E-state index contributed by atoms with van der Waals surface area (Å²) in [7, 11) is -2.80. The van der Waals surface area contributed by atoms with E-state index in [1.165, 1.54) is 31.3 Å². The molecule has 9 nitrogen and oxygen atoms in total. The van der Waals surface area contributed by atoms with E-state index in [2.05, 4.69) is 14.9 Å². The Kier molecular flexibility index (Phi) is 7.06. The number of nitrogens with zero attached hydrogens (tertiary/aromatic N) is 3. The Morgan fingerprint density at radius 2 is 1.91 bits per heavy atom. The third-order valence-electron chi connectivity index (χ3n) is 4.21. The molecule has 0 aliphatic carbocycles. The van der Waals surface area contributed by atoms with Crippen molar-refractivity contribution in [3.05, 3.63) is 64.6 Å². The van der Waals surface area contributed by atoms with Crippen molar-refractivity contribution in [2.75, 3.05) is 23.3 Å². The molecule has 0 saturated carbocycles. The summed E-state index contributed by atoms with van der Waals surface area (Å²) in [4.78, 5) is 24.5. The summed E-state index contributed by atoms with van der Waals surface area (Å²) in [5.41, 5.74) is -0.105. The Morgan fingerprint density at radius 1 is 1.22 bits per heavy atom. The van der Waals surface area contributed by atoms with Gasteiger partial charge in [-0.1, -0.05) is 16.1 Å². The van der Waals surface area contributed by atoms with E-state index in [0.29, 0.717) is 0 Å². The first-order valence-electron chi connectivity index (χ1n) is 9.00. The number of ether oxygens (including phenoxy) is 1. The Bertz CT molecular complexity index is 1260. The average molecular weight is 499 g/mol. The Balaban J connectivity index is 1.90. The Labute approximate surface area is 192 Å². The van der Waals surface area contributed by atoms with Crippen LogP contribution in [0.1, 0.15) is 27.8 Å². The highest BCUT2D eigenvalue weighted by molar-refractivity contribution is 7.92. The molecular weight excluding hydrogens is 483 g/mol. The van der Waals surface area contributed by atoms with E-state index in [1.807, 2.05) is 0 Å². The molecular formula is C19H16ClFN4O5S2. The van der Waals surface area contributed by atoms with Crippen molar-refractivity contribution in [3.8, 4) is 0 Å². The lowest BCUT2D eigenvalue weighted by Crippen LogP contribution is -2.27. The maximum atomic E-state index is 13.2. The molecule has 1 heterocycles. The lowest BCUT2D eigenvalue weighted by molar-refractivity contribution is 0.0520. The second-order valence-electron chi connectivity index (χ2n) is 6.22. The number of benzene rings is 2. The molecule has 0 aliphatic rings.